The Kier molecular flexibility index (Phi) is 6.82. The summed E-state index contributed by atoms with van der Waals surface area (Å²) in [5.41, 5.74) is 2.26. The van der Waals surface area contributed by atoms with E-state index < -0.39 is 12.5 Å². The van der Waals surface area contributed by atoms with Crippen LogP contribution in [0.2, 0.25) is 0 Å². The molecule has 0 aliphatic heterocycles. The zero-order chi connectivity index (χ0) is 24.1. The Morgan fingerprint density at radius 2 is 1.76 bits per heavy atom. The van der Waals surface area contributed by atoms with Gasteiger partial charge in [-0.1, -0.05) is 43.3 Å². The fourth-order valence-corrected chi connectivity index (χ4v) is 3.58. The van der Waals surface area contributed by atoms with Crippen LogP contribution in [0.5, 0.6) is 17.2 Å². The molecule has 3 aromatic carbocycles. The molecule has 0 aliphatic carbocycles. The zero-order valence-electron chi connectivity index (χ0n) is 19.2. The summed E-state index contributed by atoms with van der Waals surface area (Å²) in [5.74, 6) is 0.846. The maximum atomic E-state index is 13.4. The maximum absolute atomic E-state index is 13.4. The third-order valence-electron chi connectivity index (χ3n) is 5.39. The van der Waals surface area contributed by atoms with Gasteiger partial charge in [-0.15, -0.1) is 0 Å². The van der Waals surface area contributed by atoms with Crippen molar-refractivity contribution < 1.29 is 23.4 Å². The molecule has 4 aromatic rings. The van der Waals surface area contributed by atoms with Crippen molar-refractivity contribution in [2.45, 2.75) is 13.3 Å². The third kappa shape index (κ3) is 4.73. The van der Waals surface area contributed by atoms with Crippen LogP contribution in [0.25, 0.3) is 22.3 Å². The Balaban J connectivity index is 1.66. The number of amides is 1. The van der Waals surface area contributed by atoms with Crippen molar-refractivity contribution >= 4 is 22.6 Å². The maximum Gasteiger partial charge on any atom is 0.262 e. The summed E-state index contributed by atoms with van der Waals surface area (Å²) in [6.45, 7) is 1.62. The highest BCUT2D eigenvalue weighted by atomic mass is 16.5. The van der Waals surface area contributed by atoms with Gasteiger partial charge in [-0.25, -0.2) is 0 Å². The van der Waals surface area contributed by atoms with E-state index in [1.165, 1.54) is 7.11 Å². The highest BCUT2D eigenvalue weighted by Gasteiger charge is 2.19. The van der Waals surface area contributed by atoms with Gasteiger partial charge in [0.25, 0.3) is 5.91 Å². The van der Waals surface area contributed by atoms with Gasteiger partial charge in [-0.05, 0) is 36.2 Å². The fraction of sp³-hybridized carbons (Fsp3) is 0.185. The van der Waals surface area contributed by atoms with Crippen molar-refractivity contribution in [3.8, 4) is 28.6 Å². The average molecular weight is 459 g/mol. The number of aryl methyl sites for hydroxylation is 1. The number of anilines is 1. The average Bonchev–Trinajstić information content (AvgIpc) is 2.88. The van der Waals surface area contributed by atoms with Crippen LogP contribution < -0.4 is 25.0 Å². The molecule has 0 saturated carbocycles. The minimum absolute atomic E-state index is 0.0104. The van der Waals surface area contributed by atoms with Crippen LogP contribution in [-0.2, 0) is 11.2 Å². The molecule has 34 heavy (non-hydrogen) atoms. The molecule has 0 fully saturated rings. The number of ether oxygens (including phenoxy) is 3. The van der Waals surface area contributed by atoms with Crippen molar-refractivity contribution in [2.75, 3.05) is 26.1 Å². The molecule has 0 spiro atoms. The molecule has 1 aromatic heterocycles. The van der Waals surface area contributed by atoms with Crippen LogP contribution >= 0.6 is 0 Å². The molecule has 1 amide bonds. The minimum atomic E-state index is -0.454. The first kappa shape index (κ1) is 22.9. The number of nitrogens with one attached hydrogen (secondary N) is 1. The van der Waals surface area contributed by atoms with Gasteiger partial charge in [0, 0.05) is 11.6 Å². The Labute approximate surface area is 196 Å². The summed E-state index contributed by atoms with van der Waals surface area (Å²) in [4.78, 5) is 26.1. The molecule has 0 aliphatic rings. The minimum Gasteiger partial charge on any atom is -0.497 e. The van der Waals surface area contributed by atoms with Crippen LogP contribution in [0.15, 0.2) is 75.9 Å². The van der Waals surface area contributed by atoms with Crippen molar-refractivity contribution in [1.82, 2.24) is 0 Å². The van der Waals surface area contributed by atoms with Crippen molar-refractivity contribution in [3.05, 3.63) is 82.5 Å². The molecule has 1 N–H and O–H groups in total. The molecular weight excluding hydrogens is 434 g/mol. The van der Waals surface area contributed by atoms with Gasteiger partial charge in [-0.2, -0.15) is 0 Å². The van der Waals surface area contributed by atoms with Crippen LogP contribution in [0.1, 0.15) is 12.5 Å². The topological polar surface area (TPSA) is 87.0 Å². The molecule has 4 rings (SSSR count). The van der Waals surface area contributed by atoms with Gasteiger partial charge in [0.1, 0.15) is 17.1 Å². The van der Waals surface area contributed by atoms with E-state index in [4.69, 9.17) is 18.6 Å². The first-order valence-corrected chi connectivity index (χ1v) is 10.8. The monoisotopic (exact) mass is 459 g/mol. The summed E-state index contributed by atoms with van der Waals surface area (Å²) in [6.07, 6.45) is 0.776. The summed E-state index contributed by atoms with van der Waals surface area (Å²) in [7, 11) is 3.04. The van der Waals surface area contributed by atoms with E-state index in [2.05, 4.69) is 5.32 Å². The molecule has 0 saturated heterocycles. The fourth-order valence-electron chi connectivity index (χ4n) is 3.58. The largest absolute Gasteiger partial charge is 0.497 e. The summed E-state index contributed by atoms with van der Waals surface area (Å²) >= 11 is 0. The van der Waals surface area contributed by atoms with E-state index in [-0.39, 0.29) is 16.9 Å². The number of hydrogen-bond acceptors (Lipinski definition) is 6. The molecule has 0 unspecified atom stereocenters. The lowest BCUT2D eigenvalue weighted by Crippen LogP contribution is -2.23. The first-order valence-electron chi connectivity index (χ1n) is 10.8. The number of hydrogen-bond donors (Lipinski definition) is 1. The number of carbonyl (C=O) groups excluding carboxylic acids is 1. The lowest BCUT2D eigenvalue weighted by Gasteiger charge is -2.14. The van der Waals surface area contributed by atoms with E-state index >= 15 is 0 Å². The van der Waals surface area contributed by atoms with Crippen LogP contribution in [-0.4, -0.2) is 26.7 Å². The SMILES string of the molecule is CCc1ccc2oc(-c3ccccc3)c(OCC(=O)Nc3ccc(OC)cc3OC)c(=O)c2c1. The molecule has 1 heterocycles. The third-order valence-corrected chi connectivity index (χ3v) is 5.39. The predicted octanol–water partition coefficient (Wildman–Crippen LogP) is 5.06. The second-order valence-corrected chi connectivity index (χ2v) is 7.54. The smallest absolute Gasteiger partial charge is 0.262 e. The second kappa shape index (κ2) is 10.1. The molecule has 0 atom stereocenters. The highest BCUT2D eigenvalue weighted by Crippen LogP contribution is 2.32. The number of benzene rings is 3. The van der Waals surface area contributed by atoms with Gasteiger partial charge >= 0.3 is 0 Å². The van der Waals surface area contributed by atoms with Gasteiger partial charge in [0.2, 0.25) is 11.2 Å². The van der Waals surface area contributed by atoms with Crippen LogP contribution in [0, 0.1) is 0 Å². The zero-order valence-corrected chi connectivity index (χ0v) is 19.2. The Bertz CT molecular complexity index is 1380. The normalized spacial score (nSPS) is 10.7. The van der Waals surface area contributed by atoms with Crippen molar-refractivity contribution in [2.24, 2.45) is 0 Å². The van der Waals surface area contributed by atoms with Crippen molar-refractivity contribution in [1.29, 1.82) is 0 Å². The quantitative estimate of drug-likeness (QED) is 0.396. The van der Waals surface area contributed by atoms with Gasteiger partial charge in [-0.3, -0.25) is 9.59 Å². The summed E-state index contributed by atoms with van der Waals surface area (Å²) < 4.78 is 22.4. The van der Waals surface area contributed by atoms with Crippen LogP contribution in [0.3, 0.4) is 0 Å². The van der Waals surface area contributed by atoms with Crippen molar-refractivity contribution in [3.63, 3.8) is 0 Å². The lowest BCUT2D eigenvalue weighted by atomic mass is 10.1. The Morgan fingerprint density at radius 1 is 0.971 bits per heavy atom. The Hall–Kier alpha value is -4.26. The number of fused-ring (bicyclic) bond motifs is 1. The van der Waals surface area contributed by atoms with E-state index in [1.54, 1.807) is 37.4 Å². The second-order valence-electron chi connectivity index (χ2n) is 7.54. The number of carbonyl (C=O) groups is 1. The molecule has 0 radical (unpaired) electrons. The summed E-state index contributed by atoms with van der Waals surface area (Å²) in [5, 5.41) is 3.15. The van der Waals surface area contributed by atoms with E-state index in [9.17, 15) is 9.59 Å². The number of methoxy groups -OCH3 is 2. The van der Waals surface area contributed by atoms with E-state index in [1.807, 2.05) is 43.3 Å². The molecule has 7 nitrogen and oxygen atoms in total. The van der Waals surface area contributed by atoms with Gasteiger partial charge in [0.15, 0.2) is 12.4 Å². The standard InChI is InChI=1S/C27H25NO6/c1-4-17-10-13-22-20(14-17)25(30)27(26(34-22)18-8-6-5-7-9-18)33-16-24(29)28-21-12-11-19(31-2)15-23(21)32-3/h5-15H,4,16H2,1-3H3,(H,28,29). The van der Waals surface area contributed by atoms with E-state index in [0.717, 1.165) is 12.0 Å². The van der Waals surface area contributed by atoms with Gasteiger partial charge < -0.3 is 23.9 Å². The molecular formula is C27H25NO6. The first-order chi connectivity index (χ1) is 16.5. The van der Waals surface area contributed by atoms with Crippen LogP contribution in [0.4, 0.5) is 5.69 Å². The molecule has 174 valence electrons. The highest BCUT2D eigenvalue weighted by molar-refractivity contribution is 5.93. The molecule has 0 bridgehead atoms. The molecule has 7 heteroatoms. The van der Waals surface area contributed by atoms with Gasteiger partial charge in [0.05, 0.1) is 25.3 Å². The van der Waals surface area contributed by atoms with E-state index in [0.29, 0.717) is 33.7 Å². The Morgan fingerprint density at radius 3 is 2.47 bits per heavy atom. The summed E-state index contributed by atoms with van der Waals surface area (Å²) in [6, 6.07) is 19.7. The predicted molar refractivity (Wildman–Crippen MR) is 131 cm³/mol. The number of rotatable bonds is 8. The lowest BCUT2D eigenvalue weighted by molar-refractivity contribution is -0.118.